The molecule has 72 valence electrons. The molecule has 0 spiro atoms. The average Bonchev–Trinajstić information content (AvgIpc) is 2.03. The summed E-state index contributed by atoms with van der Waals surface area (Å²) < 4.78 is 0. The third-order valence-electron chi connectivity index (χ3n) is 1.58. The molecule has 12 heavy (non-hydrogen) atoms. The molecule has 4 heteroatoms. The molecule has 4 N–H and O–H groups in total. The number of nitrogens with one attached hydrogen (secondary N) is 1. The molecule has 0 radical (unpaired) electrons. The van der Waals surface area contributed by atoms with Crippen LogP contribution in [0, 0.1) is 5.92 Å². The summed E-state index contributed by atoms with van der Waals surface area (Å²) in [4.78, 5) is 10.3. The maximum atomic E-state index is 10.3. The summed E-state index contributed by atoms with van der Waals surface area (Å²) >= 11 is 0. The lowest BCUT2D eigenvalue weighted by Crippen LogP contribution is -2.25. The lowest BCUT2D eigenvalue weighted by Gasteiger charge is -2.08. The van der Waals surface area contributed by atoms with Gasteiger partial charge in [-0.05, 0) is 25.4 Å². The van der Waals surface area contributed by atoms with E-state index in [1.165, 1.54) is 0 Å². The molecule has 0 aromatic carbocycles. The predicted octanol–water partition coefficient (Wildman–Crippen LogP) is -0.530. The molecule has 1 amide bonds. The molecule has 0 heterocycles. The van der Waals surface area contributed by atoms with Crippen molar-refractivity contribution in [1.29, 1.82) is 0 Å². The minimum absolute atomic E-state index is 0.197. The Balaban J connectivity index is 3.05. The van der Waals surface area contributed by atoms with Gasteiger partial charge < -0.3 is 16.2 Å². The Bertz CT molecular complexity index is 128. The van der Waals surface area contributed by atoms with Gasteiger partial charge in [0.25, 0.3) is 0 Å². The van der Waals surface area contributed by atoms with Crippen molar-refractivity contribution in [3.8, 4) is 0 Å². The Morgan fingerprint density at radius 3 is 2.83 bits per heavy atom. The zero-order valence-corrected chi connectivity index (χ0v) is 7.55. The topological polar surface area (TPSA) is 75.3 Å². The molecule has 0 aliphatic rings. The first-order chi connectivity index (χ1) is 5.66. The number of carbonyl (C=O) groups is 1. The molecule has 0 saturated heterocycles. The Kier molecular flexibility index (Phi) is 6.70. The molecular formula is C8H18N2O2. The molecule has 1 atom stereocenters. The van der Waals surface area contributed by atoms with Gasteiger partial charge in [0.15, 0.2) is 0 Å². The van der Waals surface area contributed by atoms with Crippen LogP contribution >= 0.6 is 0 Å². The molecule has 0 aromatic heterocycles. The van der Waals surface area contributed by atoms with Gasteiger partial charge in [-0.3, -0.25) is 4.79 Å². The van der Waals surface area contributed by atoms with Crippen molar-refractivity contribution in [1.82, 2.24) is 5.32 Å². The fourth-order valence-electron chi connectivity index (χ4n) is 0.801. The van der Waals surface area contributed by atoms with E-state index in [-0.39, 0.29) is 18.4 Å². The van der Waals surface area contributed by atoms with E-state index in [1.54, 1.807) is 0 Å². The van der Waals surface area contributed by atoms with Gasteiger partial charge in [-0.15, -0.1) is 0 Å². The number of amides is 1. The molecular weight excluding hydrogens is 156 g/mol. The zero-order valence-electron chi connectivity index (χ0n) is 7.55. The fourth-order valence-corrected chi connectivity index (χ4v) is 0.801. The highest BCUT2D eigenvalue weighted by Gasteiger charge is 1.98. The largest absolute Gasteiger partial charge is 0.396 e. The molecule has 4 nitrogen and oxygen atoms in total. The van der Waals surface area contributed by atoms with Crippen LogP contribution in [0.25, 0.3) is 0 Å². The molecule has 0 rings (SSSR count). The fraction of sp³-hybridized carbons (Fsp3) is 0.875. The van der Waals surface area contributed by atoms with Crippen molar-refractivity contribution in [3.05, 3.63) is 0 Å². The SMILES string of the molecule is CC(CO)CNCCCC(N)=O. The highest BCUT2D eigenvalue weighted by atomic mass is 16.3. The first-order valence-electron chi connectivity index (χ1n) is 4.26. The third kappa shape index (κ3) is 7.50. The number of hydrogen-bond acceptors (Lipinski definition) is 3. The minimum Gasteiger partial charge on any atom is -0.396 e. The van der Waals surface area contributed by atoms with Gasteiger partial charge in [-0.1, -0.05) is 6.92 Å². The average molecular weight is 174 g/mol. The number of carbonyl (C=O) groups excluding carboxylic acids is 1. The second kappa shape index (κ2) is 7.06. The zero-order chi connectivity index (χ0) is 9.40. The van der Waals surface area contributed by atoms with E-state index in [4.69, 9.17) is 10.8 Å². The van der Waals surface area contributed by atoms with Gasteiger partial charge in [0.1, 0.15) is 0 Å². The van der Waals surface area contributed by atoms with Gasteiger partial charge >= 0.3 is 0 Å². The quantitative estimate of drug-likeness (QED) is 0.454. The van der Waals surface area contributed by atoms with E-state index in [2.05, 4.69) is 5.32 Å². The lowest BCUT2D eigenvalue weighted by molar-refractivity contribution is -0.118. The van der Waals surface area contributed by atoms with Crippen LogP contribution in [-0.4, -0.2) is 30.7 Å². The van der Waals surface area contributed by atoms with Crippen molar-refractivity contribution < 1.29 is 9.90 Å². The van der Waals surface area contributed by atoms with E-state index in [0.29, 0.717) is 6.42 Å². The smallest absolute Gasteiger partial charge is 0.217 e. The number of hydrogen-bond donors (Lipinski definition) is 3. The number of aliphatic hydroxyl groups is 1. The first kappa shape index (κ1) is 11.4. The van der Waals surface area contributed by atoms with Gasteiger partial charge in [-0.25, -0.2) is 0 Å². The molecule has 0 aliphatic carbocycles. The third-order valence-corrected chi connectivity index (χ3v) is 1.58. The van der Waals surface area contributed by atoms with Gasteiger partial charge in [0.2, 0.25) is 5.91 Å². The van der Waals surface area contributed by atoms with Crippen molar-refractivity contribution >= 4 is 5.91 Å². The lowest BCUT2D eigenvalue weighted by atomic mass is 10.2. The summed E-state index contributed by atoms with van der Waals surface area (Å²) in [5.41, 5.74) is 4.95. The summed E-state index contributed by atoms with van der Waals surface area (Å²) in [7, 11) is 0. The molecule has 0 aliphatic heterocycles. The summed E-state index contributed by atoms with van der Waals surface area (Å²) in [6.45, 7) is 3.73. The van der Waals surface area contributed by atoms with Crippen LogP contribution in [0.2, 0.25) is 0 Å². The Hall–Kier alpha value is -0.610. The highest BCUT2D eigenvalue weighted by molar-refractivity contribution is 5.73. The van der Waals surface area contributed by atoms with Crippen molar-refractivity contribution in [2.24, 2.45) is 11.7 Å². The number of primary amides is 1. The monoisotopic (exact) mass is 174 g/mol. The van der Waals surface area contributed by atoms with E-state index < -0.39 is 0 Å². The molecule has 0 saturated carbocycles. The molecule has 0 aromatic rings. The van der Waals surface area contributed by atoms with Crippen LogP contribution in [0.4, 0.5) is 0 Å². The highest BCUT2D eigenvalue weighted by Crippen LogP contribution is 1.90. The van der Waals surface area contributed by atoms with Crippen LogP contribution < -0.4 is 11.1 Å². The van der Waals surface area contributed by atoms with Crippen molar-refractivity contribution in [2.45, 2.75) is 19.8 Å². The first-order valence-corrected chi connectivity index (χ1v) is 4.26. The summed E-state index contributed by atoms with van der Waals surface area (Å²) in [6.07, 6.45) is 1.20. The standard InChI is InChI=1S/C8H18N2O2/c1-7(6-11)5-10-4-2-3-8(9)12/h7,10-11H,2-6H2,1H3,(H2,9,12). The summed E-state index contributed by atoms with van der Waals surface area (Å²) in [5.74, 6) is 0.0191. The molecule has 0 fully saturated rings. The van der Waals surface area contributed by atoms with Gasteiger partial charge in [0.05, 0.1) is 0 Å². The van der Waals surface area contributed by atoms with Crippen molar-refractivity contribution in [2.75, 3.05) is 19.7 Å². The number of rotatable bonds is 7. The Morgan fingerprint density at radius 2 is 2.33 bits per heavy atom. The van der Waals surface area contributed by atoms with Gasteiger partial charge in [-0.2, -0.15) is 0 Å². The van der Waals surface area contributed by atoms with Gasteiger partial charge in [0, 0.05) is 13.0 Å². The van der Waals surface area contributed by atoms with Crippen LogP contribution in [0.15, 0.2) is 0 Å². The maximum absolute atomic E-state index is 10.3. The number of aliphatic hydroxyl groups excluding tert-OH is 1. The Labute approximate surface area is 73.1 Å². The van der Waals surface area contributed by atoms with Crippen LogP contribution in [0.5, 0.6) is 0 Å². The molecule has 0 bridgehead atoms. The Morgan fingerprint density at radius 1 is 1.67 bits per heavy atom. The van der Waals surface area contributed by atoms with E-state index in [1.807, 2.05) is 6.92 Å². The van der Waals surface area contributed by atoms with Crippen LogP contribution in [0.3, 0.4) is 0 Å². The summed E-state index contributed by atoms with van der Waals surface area (Å²) in [6, 6.07) is 0. The van der Waals surface area contributed by atoms with E-state index in [0.717, 1.165) is 19.5 Å². The van der Waals surface area contributed by atoms with Crippen LogP contribution in [-0.2, 0) is 4.79 Å². The number of nitrogens with two attached hydrogens (primary N) is 1. The summed E-state index contributed by atoms with van der Waals surface area (Å²) in [5, 5.41) is 11.8. The normalized spacial score (nSPS) is 12.8. The van der Waals surface area contributed by atoms with E-state index in [9.17, 15) is 4.79 Å². The predicted molar refractivity (Wildman–Crippen MR) is 47.5 cm³/mol. The second-order valence-electron chi connectivity index (χ2n) is 3.06. The maximum Gasteiger partial charge on any atom is 0.217 e. The minimum atomic E-state index is -0.257. The molecule has 1 unspecified atom stereocenters. The van der Waals surface area contributed by atoms with Crippen molar-refractivity contribution in [3.63, 3.8) is 0 Å². The van der Waals surface area contributed by atoms with Crippen LogP contribution in [0.1, 0.15) is 19.8 Å². The van der Waals surface area contributed by atoms with E-state index >= 15 is 0 Å². The second-order valence-corrected chi connectivity index (χ2v) is 3.06.